The molecule has 2 aliphatic rings. The Labute approximate surface area is 223 Å². The van der Waals surface area contributed by atoms with E-state index in [1.54, 1.807) is 6.07 Å². The quantitative estimate of drug-likeness (QED) is 0.160. The van der Waals surface area contributed by atoms with Gasteiger partial charge < -0.3 is 19.5 Å². The van der Waals surface area contributed by atoms with Crippen molar-refractivity contribution >= 4 is 17.4 Å². The molecule has 0 spiro atoms. The summed E-state index contributed by atoms with van der Waals surface area (Å²) in [6.45, 7) is 4.97. The first kappa shape index (κ1) is 25.6. The largest absolute Gasteiger partial charge is 0.507 e. The lowest BCUT2D eigenvalue weighted by atomic mass is 9.94. The number of nitrogens with zero attached hydrogens (tertiary/aromatic N) is 1. The maximum atomic E-state index is 13.5. The number of fused-ring (bicyclic) bond motifs is 1. The summed E-state index contributed by atoms with van der Waals surface area (Å²) in [6, 6.07) is 21.7. The van der Waals surface area contributed by atoms with E-state index in [1.165, 1.54) is 4.90 Å². The highest BCUT2D eigenvalue weighted by atomic mass is 16.5. The number of unbranched alkanes of at least 4 members (excludes halogenated alkanes) is 2. The van der Waals surface area contributed by atoms with Gasteiger partial charge in [-0.2, -0.15) is 0 Å². The van der Waals surface area contributed by atoms with E-state index < -0.39 is 17.7 Å². The highest BCUT2D eigenvalue weighted by Gasteiger charge is 2.46. The average Bonchev–Trinajstić information content (AvgIpc) is 3.42. The van der Waals surface area contributed by atoms with E-state index >= 15 is 0 Å². The first-order valence-corrected chi connectivity index (χ1v) is 13.3. The molecule has 0 aromatic heterocycles. The molecule has 0 bridgehead atoms. The van der Waals surface area contributed by atoms with E-state index in [-0.39, 0.29) is 24.0 Å². The summed E-state index contributed by atoms with van der Waals surface area (Å²) in [6.07, 6.45) is 3.92. The second kappa shape index (κ2) is 11.1. The molecule has 1 N–H and O–H groups in total. The minimum atomic E-state index is -0.752. The summed E-state index contributed by atoms with van der Waals surface area (Å²) in [5, 5.41) is 11.5. The van der Waals surface area contributed by atoms with Crippen LogP contribution >= 0.6 is 0 Å². The zero-order valence-corrected chi connectivity index (χ0v) is 21.9. The van der Waals surface area contributed by atoms with E-state index in [2.05, 4.69) is 6.92 Å². The predicted molar refractivity (Wildman–Crippen MR) is 146 cm³/mol. The van der Waals surface area contributed by atoms with Gasteiger partial charge in [0.05, 0.1) is 18.2 Å². The molecule has 1 fully saturated rings. The van der Waals surface area contributed by atoms with Crippen molar-refractivity contribution in [2.24, 2.45) is 0 Å². The normalized spacial score (nSPS) is 19.9. The molecular formula is C32H33NO5. The minimum Gasteiger partial charge on any atom is -0.507 e. The van der Waals surface area contributed by atoms with E-state index in [4.69, 9.17) is 9.47 Å². The first-order valence-electron chi connectivity index (χ1n) is 13.3. The van der Waals surface area contributed by atoms with Gasteiger partial charge in [0.2, 0.25) is 0 Å². The number of benzene rings is 3. The van der Waals surface area contributed by atoms with Crippen LogP contribution in [0, 0.1) is 0 Å². The molecule has 0 aliphatic carbocycles. The Morgan fingerprint density at radius 1 is 1.03 bits per heavy atom. The van der Waals surface area contributed by atoms with Crippen molar-refractivity contribution in [2.75, 3.05) is 6.61 Å². The molecule has 6 nitrogen and oxygen atoms in total. The van der Waals surface area contributed by atoms with Crippen LogP contribution in [0.5, 0.6) is 11.5 Å². The fourth-order valence-electron chi connectivity index (χ4n) is 5.21. The number of carbonyl (C=O) groups excluding carboxylic acids is 2. The summed E-state index contributed by atoms with van der Waals surface area (Å²) in [5.41, 5.74) is 3.17. The van der Waals surface area contributed by atoms with Gasteiger partial charge in [-0.05, 0) is 60.4 Å². The number of aliphatic hydroxyl groups is 1. The SMILES string of the molecule is CCCCCOc1cccc(C2/C(=C(/O)c3ccc4c(c3)CC(C)O4)C(=O)C(=O)N2Cc2ccccc2)c1. The van der Waals surface area contributed by atoms with Crippen molar-refractivity contribution < 1.29 is 24.2 Å². The lowest BCUT2D eigenvalue weighted by molar-refractivity contribution is -0.140. The number of hydrogen-bond donors (Lipinski definition) is 1. The minimum absolute atomic E-state index is 0.0546. The number of ketones is 1. The standard InChI is InChI=1S/C32H33NO5/c1-3-4-8-16-37-26-13-9-12-23(19-26)29-28(30(34)24-14-15-27-25(18-24)17-21(2)38-27)31(35)32(36)33(29)20-22-10-6-5-7-11-22/h5-7,9-15,18-19,21,29,34H,3-4,8,16-17,20H2,1-2H3/b30-28-. The van der Waals surface area contributed by atoms with E-state index in [0.29, 0.717) is 23.5 Å². The van der Waals surface area contributed by atoms with Gasteiger partial charge in [-0.25, -0.2) is 0 Å². The Morgan fingerprint density at radius 3 is 2.63 bits per heavy atom. The molecule has 1 amide bonds. The van der Waals surface area contributed by atoms with Gasteiger partial charge >= 0.3 is 0 Å². The summed E-state index contributed by atoms with van der Waals surface area (Å²) >= 11 is 0. The Kier molecular flexibility index (Phi) is 7.50. The third-order valence-electron chi connectivity index (χ3n) is 7.10. The van der Waals surface area contributed by atoms with Crippen LogP contribution in [0.1, 0.15) is 61.4 Å². The fraction of sp³-hybridized carbons (Fsp3) is 0.312. The Balaban J connectivity index is 1.56. The number of ether oxygens (including phenoxy) is 2. The topological polar surface area (TPSA) is 76.1 Å². The second-order valence-corrected chi connectivity index (χ2v) is 10.00. The van der Waals surface area contributed by atoms with Crippen LogP contribution in [-0.4, -0.2) is 34.4 Å². The van der Waals surface area contributed by atoms with Crippen LogP contribution < -0.4 is 9.47 Å². The van der Waals surface area contributed by atoms with Crippen LogP contribution in [-0.2, 0) is 22.6 Å². The summed E-state index contributed by atoms with van der Waals surface area (Å²) in [5.74, 6) is -0.0493. The zero-order chi connectivity index (χ0) is 26.6. The Hall–Kier alpha value is -4.06. The monoisotopic (exact) mass is 511 g/mol. The molecule has 2 heterocycles. The number of aliphatic hydroxyl groups excluding tert-OH is 1. The highest BCUT2D eigenvalue weighted by molar-refractivity contribution is 6.46. The van der Waals surface area contributed by atoms with E-state index in [1.807, 2.05) is 73.7 Å². The Morgan fingerprint density at radius 2 is 1.84 bits per heavy atom. The predicted octanol–water partition coefficient (Wildman–Crippen LogP) is 6.20. The number of carbonyl (C=O) groups is 2. The van der Waals surface area contributed by atoms with Gasteiger partial charge in [0.1, 0.15) is 23.4 Å². The summed E-state index contributed by atoms with van der Waals surface area (Å²) in [7, 11) is 0. The third-order valence-corrected chi connectivity index (χ3v) is 7.10. The van der Waals surface area contributed by atoms with Crippen LogP contribution in [0.2, 0.25) is 0 Å². The van der Waals surface area contributed by atoms with Gasteiger partial charge in [0.25, 0.3) is 11.7 Å². The van der Waals surface area contributed by atoms with Crippen molar-refractivity contribution in [3.8, 4) is 11.5 Å². The van der Waals surface area contributed by atoms with Crippen molar-refractivity contribution in [3.63, 3.8) is 0 Å². The molecule has 3 aromatic rings. The van der Waals surface area contributed by atoms with E-state index in [9.17, 15) is 14.7 Å². The van der Waals surface area contributed by atoms with Crippen molar-refractivity contribution in [1.29, 1.82) is 0 Å². The lowest BCUT2D eigenvalue weighted by Crippen LogP contribution is -2.29. The van der Waals surface area contributed by atoms with Crippen LogP contribution in [0.25, 0.3) is 5.76 Å². The van der Waals surface area contributed by atoms with Gasteiger partial charge in [0.15, 0.2) is 0 Å². The molecule has 2 atom stereocenters. The molecule has 0 radical (unpaired) electrons. The van der Waals surface area contributed by atoms with E-state index in [0.717, 1.165) is 42.6 Å². The summed E-state index contributed by atoms with van der Waals surface area (Å²) < 4.78 is 11.8. The molecule has 2 unspecified atom stereocenters. The molecule has 2 aliphatic heterocycles. The molecule has 6 heteroatoms. The van der Waals surface area contributed by atoms with Crippen molar-refractivity contribution in [2.45, 2.75) is 58.2 Å². The molecule has 1 saturated heterocycles. The van der Waals surface area contributed by atoms with Gasteiger partial charge in [-0.15, -0.1) is 0 Å². The molecule has 3 aromatic carbocycles. The molecule has 196 valence electrons. The van der Waals surface area contributed by atoms with Crippen LogP contribution in [0.3, 0.4) is 0 Å². The number of likely N-dealkylation sites (tertiary alicyclic amines) is 1. The third kappa shape index (κ3) is 5.17. The molecule has 38 heavy (non-hydrogen) atoms. The highest BCUT2D eigenvalue weighted by Crippen LogP contribution is 2.42. The van der Waals surface area contributed by atoms with Crippen LogP contribution in [0.15, 0.2) is 78.4 Å². The average molecular weight is 512 g/mol. The number of rotatable bonds is 9. The number of hydrogen-bond acceptors (Lipinski definition) is 5. The molecular weight excluding hydrogens is 478 g/mol. The molecule has 5 rings (SSSR count). The second-order valence-electron chi connectivity index (χ2n) is 10.00. The van der Waals surface area contributed by atoms with Gasteiger partial charge in [0, 0.05) is 18.5 Å². The van der Waals surface area contributed by atoms with Gasteiger partial charge in [-0.1, -0.05) is 62.2 Å². The van der Waals surface area contributed by atoms with Crippen molar-refractivity contribution in [3.05, 3.63) is 101 Å². The van der Waals surface area contributed by atoms with Crippen LogP contribution in [0.4, 0.5) is 0 Å². The maximum Gasteiger partial charge on any atom is 0.295 e. The zero-order valence-electron chi connectivity index (χ0n) is 21.9. The van der Waals surface area contributed by atoms with Gasteiger partial charge in [-0.3, -0.25) is 9.59 Å². The first-order chi connectivity index (χ1) is 18.5. The molecule has 0 saturated carbocycles. The van der Waals surface area contributed by atoms with Crippen molar-refractivity contribution in [1.82, 2.24) is 4.90 Å². The Bertz CT molecular complexity index is 1360. The smallest absolute Gasteiger partial charge is 0.295 e. The fourth-order valence-corrected chi connectivity index (χ4v) is 5.21. The maximum absolute atomic E-state index is 13.5. The number of amides is 1. The number of Topliss-reactive ketones (excluding diaryl/α,β-unsaturated/α-hetero) is 1. The summed E-state index contributed by atoms with van der Waals surface area (Å²) in [4.78, 5) is 28.4. The lowest BCUT2D eigenvalue weighted by Gasteiger charge is -2.26.